The highest BCUT2D eigenvalue weighted by atomic mass is 35.5. The lowest BCUT2D eigenvalue weighted by Crippen LogP contribution is -2.27. The molecule has 0 radical (unpaired) electrons. The molecule has 2 aromatic carbocycles. The van der Waals surface area contributed by atoms with E-state index in [-0.39, 0.29) is 12.3 Å². The first-order valence-electron chi connectivity index (χ1n) is 9.05. The van der Waals surface area contributed by atoms with Gasteiger partial charge in [-0.05, 0) is 29.3 Å². The molecule has 7 heteroatoms. The highest BCUT2D eigenvalue weighted by Crippen LogP contribution is 2.18. The number of fused-ring (bicyclic) bond motifs is 1. The Morgan fingerprint density at radius 2 is 1.79 bits per heavy atom. The summed E-state index contributed by atoms with van der Waals surface area (Å²) in [4.78, 5) is 17.5. The summed E-state index contributed by atoms with van der Waals surface area (Å²) < 4.78 is 0. The normalized spacial score (nSPS) is 11.2. The highest BCUT2D eigenvalue weighted by molar-refractivity contribution is 6.18. The van der Waals surface area contributed by atoms with Gasteiger partial charge in [0.05, 0.1) is 12.6 Å². The van der Waals surface area contributed by atoms with Gasteiger partial charge in [0.25, 0.3) is 0 Å². The predicted octanol–water partition coefficient (Wildman–Crippen LogP) is 4.14. The number of hydrogen-bond acceptors (Lipinski definition) is 3. The van der Waals surface area contributed by atoms with E-state index in [4.69, 9.17) is 23.2 Å². The third-order valence-electron chi connectivity index (χ3n) is 4.40. The van der Waals surface area contributed by atoms with Gasteiger partial charge in [-0.2, -0.15) is 5.10 Å². The maximum atomic E-state index is 12.2. The molecule has 0 spiro atoms. The molecule has 0 unspecified atom stereocenters. The van der Waals surface area contributed by atoms with E-state index in [1.807, 2.05) is 54.7 Å². The van der Waals surface area contributed by atoms with Crippen LogP contribution >= 0.6 is 23.2 Å². The van der Waals surface area contributed by atoms with Crippen molar-refractivity contribution in [3.63, 3.8) is 0 Å². The van der Waals surface area contributed by atoms with E-state index in [9.17, 15) is 4.79 Å². The number of carbonyl (C=O) groups excluding carboxylic acids is 1. The fraction of sp³-hybridized carbons (Fsp3) is 0.238. The van der Waals surface area contributed by atoms with Gasteiger partial charge >= 0.3 is 0 Å². The number of hydrazone groups is 1. The number of benzene rings is 2. The number of alkyl halides is 2. The standard InChI is InChI=1S/C21H22Cl2N4O/c22-9-11-27(12-10-23)18-7-5-16(6-8-18)14-25-26-21(28)13-17-15-24-20-4-2-1-3-19(17)20/h1-8,14-15,24H,9-13H2,(H,26,28). The minimum absolute atomic E-state index is 0.159. The molecule has 0 atom stereocenters. The number of nitrogens with zero attached hydrogens (tertiary/aromatic N) is 2. The molecular formula is C21H22Cl2N4O. The Hall–Kier alpha value is -2.50. The molecule has 1 aromatic heterocycles. The molecule has 1 heterocycles. The summed E-state index contributed by atoms with van der Waals surface area (Å²) in [7, 11) is 0. The minimum Gasteiger partial charge on any atom is -0.369 e. The Bertz CT molecular complexity index is 931. The molecule has 0 saturated heterocycles. The Morgan fingerprint density at radius 3 is 2.50 bits per heavy atom. The third-order valence-corrected chi connectivity index (χ3v) is 4.73. The zero-order chi connectivity index (χ0) is 19.8. The van der Waals surface area contributed by atoms with Gasteiger partial charge < -0.3 is 9.88 Å². The fourth-order valence-corrected chi connectivity index (χ4v) is 3.42. The number of rotatable bonds is 9. The van der Waals surface area contributed by atoms with E-state index in [1.54, 1.807) is 6.21 Å². The molecule has 1 amide bonds. The molecule has 28 heavy (non-hydrogen) atoms. The number of aromatic amines is 1. The van der Waals surface area contributed by atoms with Gasteiger partial charge in [0, 0.05) is 47.6 Å². The van der Waals surface area contributed by atoms with Crippen molar-refractivity contribution in [3.05, 3.63) is 65.9 Å². The number of hydrogen-bond donors (Lipinski definition) is 2. The number of H-pyrrole nitrogens is 1. The van der Waals surface area contributed by atoms with Crippen LogP contribution in [0.4, 0.5) is 5.69 Å². The topological polar surface area (TPSA) is 60.5 Å². The van der Waals surface area contributed by atoms with Crippen LogP contribution in [0.15, 0.2) is 59.8 Å². The van der Waals surface area contributed by atoms with Gasteiger partial charge in [-0.25, -0.2) is 5.43 Å². The van der Waals surface area contributed by atoms with E-state index >= 15 is 0 Å². The summed E-state index contributed by atoms with van der Waals surface area (Å²) in [6.07, 6.45) is 3.76. The monoisotopic (exact) mass is 416 g/mol. The molecule has 0 fully saturated rings. The number of aromatic nitrogens is 1. The van der Waals surface area contributed by atoms with E-state index in [0.29, 0.717) is 11.8 Å². The van der Waals surface area contributed by atoms with Crippen LogP contribution in [0.2, 0.25) is 0 Å². The number of anilines is 1. The average molecular weight is 417 g/mol. The molecular weight excluding hydrogens is 395 g/mol. The maximum Gasteiger partial charge on any atom is 0.244 e. The summed E-state index contributed by atoms with van der Waals surface area (Å²) in [6.45, 7) is 1.48. The zero-order valence-corrected chi connectivity index (χ0v) is 16.9. The first-order valence-corrected chi connectivity index (χ1v) is 10.1. The van der Waals surface area contributed by atoms with Crippen LogP contribution in [0, 0.1) is 0 Å². The van der Waals surface area contributed by atoms with Crippen LogP contribution in [0.3, 0.4) is 0 Å². The SMILES string of the molecule is O=C(Cc1c[nH]c2ccccc12)NN=Cc1ccc(N(CCCl)CCCl)cc1. The molecule has 0 saturated carbocycles. The van der Waals surface area contributed by atoms with E-state index in [2.05, 4.69) is 20.4 Å². The van der Waals surface area contributed by atoms with Crippen molar-refractivity contribution in [2.45, 2.75) is 6.42 Å². The largest absolute Gasteiger partial charge is 0.369 e. The predicted molar refractivity (Wildman–Crippen MR) is 118 cm³/mol. The molecule has 146 valence electrons. The maximum absolute atomic E-state index is 12.2. The van der Waals surface area contributed by atoms with Crippen LogP contribution in [0.25, 0.3) is 10.9 Å². The second-order valence-electron chi connectivity index (χ2n) is 6.29. The van der Waals surface area contributed by atoms with Crippen molar-refractivity contribution in [1.29, 1.82) is 0 Å². The lowest BCUT2D eigenvalue weighted by molar-refractivity contribution is -0.120. The van der Waals surface area contributed by atoms with Crippen molar-refractivity contribution in [2.24, 2.45) is 5.10 Å². The van der Waals surface area contributed by atoms with Crippen LogP contribution in [0.1, 0.15) is 11.1 Å². The van der Waals surface area contributed by atoms with Crippen LogP contribution in [-0.4, -0.2) is 42.0 Å². The Labute approximate surface area is 174 Å². The second kappa shape index (κ2) is 10.2. The summed E-state index contributed by atoms with van der Waals surface area (Å²) in [5, 5.41) is 5.11. The van der Waals surface area contributed by atoms with Crippen LogP contribution in [-0.2, 0) is 11.2 Å². The van der Waals surface area contributed by atoms with Crippen molar-refractivity contribution >= 4 is 51.9 Å². The zero-order valence-electron chi connectivity index (χ0n) is 15.4. The minimum atomic E-state index is -0.159. The summed E-state index contributed by atoms with van der Waals surface area (Å²) in [6, 6.07) is 15.8. The van der Waals surface area contributed by atoms with Crippen molar-refractivity contribution in [2.75, 3.05) is 29.7 Å². The first-order chi connectivity index (χ1) is 13.7. The van der Waals surface area contributed by atoms with Gasteiger partial charge in [-0.3, -0.25) is 4.79 Å². The quantitative estimate of drug-likeness (QED) is 0.312. The van der Waals surface area contributed by atoms with E-state index in [0.717, 1.165) is 40.8 Å². The highest BCUT2D eigenvalue weighted by Gasteiger charge is 2.08. The van der Waals surface area contributed by atoms with Crippen LogP contribution in [0.5, 0.6) is 0 Å². The fourth-order valence-electron chi connectivity index (χ4n) is 3.01. The second-order valence-corrected chi connectivity index (χ2v) is 7.04. The van der Waals surface area contributed by atoms with Gasteiger partial charge in [0.1, 0.15) is 0 Å². The number of para-hydroxylation sites is 1. The third kappa shape index (κ3) is 5.27. The molecule has 2 N–H and O–H groups in total. The van der Waals surface area contributed by atoms with Gasteiger partial charge in [-0.15, -0.1) is 23.2 Å². The molecule has 0 aliphatic rings. The first kappa shape index (κ1) is 20.2. The van der Waals surface area contributed by atoms with Crippen molar-refractivity contribution in [3.8, 4) is 0 Å². The molecule has 3 aromatic rings. The summed E-state index contributed by atoms with van der Waals surface area (Å²) in [5.74, 6) is 0.929. The lowest BCUT2D eigenvalue weighted by Gasteiger charge is -2.22. The van der Waals surface area contributed by atoms with Gasteiger partial charge in [-0.1, -0.05) is 30.3 Å². The van der Waals surface area contributed by atoms with Crippen molar-refractivity contribution < 1.29 is 4.79 Å². The number of carbonyl (C=O) groups is 1. The molecule has 0 aliphatic heterocycles. The lowest BCUT2D eigenvalue weighted by atomic mass is 10.1. The molecule has 0 bridgehead atoms. The number of amides is 1. The smallest absolute Gasteiger partial charge is 0.244 e. The van der Waals surface area contributed by atoms with Crippen LogP contribution < -0.4 is 10.3 Å². The number of nitrogens with one attached hydrogen (secondary N) is 2. The van der Waals surface area contributed by atoms with Gasteiger partial charge in [0.2, 0.25) is 5.91 Å². The van der Waals surface area contributed by atoms with Gasteiger partial charge in [0.15, 0.2) is 0 Å². The average Bonchev–Trinajstić information content (AvgIpc) is 3.11. The Kier molecular flexibility index (Phi) is 7.34. The molecule has 5 nitrogen and oxygen atoms in total. The Morgan fingerprint density at radius 1 is 1.07 bits per heavy atom. The Balaban J connectivity index is 1.56. The van der Waals surface area contributed by atoms with E-state index < -0.39 is 0 Å². The van der Waals surface area contributed by atoms with E-state index in [1.165, 1.54) is 0 Å². The number of halogens is 2. The molecule has 3 rings (SSSR count). The summed E-state index contributed by atoms with van der Waals surface area (Å²) >= 11 is 11.7. The molecule has 0 aliphatic carbocycles. The summed E-state index contributed by atoms with van der Waals surface area (Å²) in [5.41, 5.74) is 6.51. The van der Waals surface area contributed by atoms with Crippen molar-refractivity contribution in [1.82, 2.24) is 10.4 Å².